The van der Waals surface area contributed by atoms with Crippen LogP contribution in [-0.4, -0.2) is 47.4 Å². The molecule has 0 bridgehead atoms. The van der Waals surface area contributed by atoms with E-state index in [-0.39, 0.29) is 17.9 Å². The maximum absolute atomic E-state index is 13.0. The third kappa shape index (κ3) is 6.98. The Labute approximate surface area is 172 Å². The molecule has 0 aliphatic carbocycles. The molecule has 6 heteroatoms. The average molecular weight is 395 g/mol. The molecule has 0 saturated carbocycles. The summed E-state index contributed by atoms with van der Waals surface area (Å²) in [6, 6.07) is 15.6. The lowest BCUT2D eigenvalue weighted by molar-refractivity contribution is -0.134. The third-order valence-electron chi connectivity index (χ3n) is 5.23. The van der Waals surface area contributed by atoms with Crippen molar-refractivity contribution in [2.75, 3.05) is 19.6 Å². The van der Waals surface area contributed by atoms with E-state index in [9.17, 15) is 9.59 Å². The van der Waals surface area contributed by atoms with Crippen LogP contribution >= 0.6 is 0 Å². The molecule has 2 heterocycles. The van der Waals surface area contributed by atoms with Gasteiger partial charge >= 0.3 is 0 Å². The average Bonchev–Trinajstić information content (AvgIpc) is 3.03. The molecule has 6 nitrogen and oxygen atoms in total. The van der Waals surface area contributed by atoms with Crippen LogP contribution in [0.15, 0.2) is 54.7 Å². The normalized spacial score (nSPS) is 16.6. The van der Waals surface area contributed by atoms with Gasteiger partial charge in [0.25, 0.3) is 0 Å². The van der Waals surface area contributed by atoms with E-state index in [4.69, 9.17) is 0 Å². The van der Waals surface area contributed by atoms with Gasteiger partial charge in [-0.15, -0.1) is 0 Å². The number of nitrogens with one attached hydrogen (secondary N) is 2. The zero-order valence-corrected chi connectivity index (χ0v) is 16.8. The third-order valence-corrected chi connectivity index (χ3v) is 5.23. The highest BCUT2D eigenvalue weighted by atomic mass is 16.2. The largest absolute Gasteiger partial charge is 0.355 e. The SMILES string of the molecule is O=C(Cc1ccccc1)NCCC(=O)N(Cc1ccccn1)C1CCCNCC1. The molecule has 1 saturated heterocycles. The monoisotopic (exact) mass is 394 g/mol. The van der Waals surface area contributed by atoms with E-state index in [1.54, 1.807) is 6.20 Å². The number of pyridine rings is 1. The van der Waals surface area contributed by atoms with Crippen LogP contribution < -0.4 is 10.6 Å². The fourth-order valence-electron chi connectivity index (χ4n) is 3.70. The summed E-state index contributed by atoms with van der Waals surface area (Å²) in [5.41, 5.74) is 1.87. The fourth-order valence-corrected chi connectivity index (χ4v) is 3.70. The molecule has 2 aromatic rings. The first-order valence-corrected chi connectivity index (χ1v) is 10.4. The Kier molecular flexibility index (Phi) is 8.19. The molecular weight excluding hydrogens is 364 g/mol. The Hall–Kier alpha value is -2.73. The second-order valence-corrected chi connectivity index (χ2v) is 7.44. The van der Waals surface area contributed by atoms with Crippen molar-refractivity contribution >= 4 is 11.8 Å². The lowest BCUT2D eigenvalue weighted by atomic mass is 10.1. The highest BCUT2D eigenvalue weighted by Crippen LogP contribution is 2.17. The summed E-state index contributed by atoms with van der Waals surface area (Å²) in [6.07, 6.45) is 5.39. The highest BCUT2D eigenvalue weighted by molar-refractivity contribution is 5.80. The quantitative estimate of drug-likeness (QED) is 0.721. The number of carbonyl (C=O) groups is 2. The number of carbonyl (C=O) groups excluding carboxylic acids is 2. The predicted molar refractivity (Wildman–Crippen MR) is 113 cm³/mol. The topological polar surface area (TPSA) is 74.3 Å². The summed E-state index contributed by atoms with van der Waals surface area (Å²) in [5, 5.41) is 6.29. The summed E-state index contributed by atoms with van der Waals surface area (Å²) in [6.45, 7) is 2.79. The Balaban J connectivity index is 1.54. The van der Waals surface area contributed by atoms with Gasteiger partial charge in [-0.3, -0.25) is 14.6 Å². The summed E-state index contributed by atoms with van der Waals surface area (Å²) in [4.78, 5) is 31.5. The van der Waals surface area contributed by atoms with Gasteiger partial charge in [-0.05, 0) is 50.0 Å². The number of benzene rings is 1. The predicted octanol–water partition coefficient (Wildman–Crippen LogP) is 2.30. The summed E-state index contributed by atoms with van der Waals surface area (Å²) in [5.74, 6) is 0.0153. The van der Waals surface area contributed by atoms with Crippen molar-refractivity contribution in [1.29, 1.82) is 0 Å². The van der Waals surface area contributed by atoms with Crippen LogP contribution in [0, 0.1) is 0 Å². The molecule has 29 heavy (non-hydrogen) atoms. The van der Waals surface area contributed by atoms with Gasteiger partial charge < -0.3 is 15.5 Å². The maximum Gasteiger partial charge on any atom is 0.224 e. The number of hydrogen-bond donors (Lipinski definition) is 2. The number of rotatable bonds is 8. The molecule has 1 aliphatic rings. The smallest absolute Gasteiger partial charge is 0.224 e. The first-order chi connectivity index (χ1) is 14.2. The molecule has 0 radical (unpaired) electrons. The Morgan fingerprint density at radius 3 is 2.69 bits per heavy atom. The van der Waals surface area contributed by atoms with Crippen molar-refractivity contribution in [3.63, 3.8) is 0 Å². The molecule has 1 aromatic carbocycles. The van der Waals surface area contributed by atoms with Gasteiger partial charge in [0, 0.05) is 25.2 Å². The van der Waals surface area contributed by atoms with Gasteiger partial charge in [0.2, 0.25) is 11.8 Å². The van der Waals surface area contributed by atoms with Crippen LogP contribution in [0.3, 0.4) is 0 Å². The zero-order valence-electron chi connectivity index (χ0n) is 16.8. The van der Waals surface area contributed by atoms with E-state index < -0.39 is 0 Å². The van der Waals surface area contributed by atoms with E-state index in [1.807, 2.05) is 53.4 Å². The van der Waals surface area contributed by atoms with Gasteiger partial charge in [-0.25, -0.2) is 0 Å². The van der Waals surface area contributed by atoms with Gasteiger partial charge in [-0.1, -0.05) is 36.4 Å². The van der Waals surface area contributed by atoms with Crippen molar-refractivity contribution in [3.8, 4) is 0 Å². The second kappa shape index (κ2) is 11.3. The summed E-state index contributed by atoms with van der Waals surface area (Å²) < 4.78 is 0. The minimum absolute atomic E-state index is 0.0565. The van der Waals surface area contributed by atoms with Crippen molar-refractivity contribution in [3.05, 3.63) is 66.0 Å². The van der Waals surface area contributed by atoms with Crippen LogP contribution in [0.5, 0.6) is 0 Å². The fraction of sp³-hybridized carbons (Fsp3) is 0.435. The van der Waals surface area contributed by atoms with E-state index in [0.29, 0.717) is 25.9 Å². The minimum Gasteiger partial charge on any atom is -0.355 e. The highest BCUT2D eigenvalue weighted by Gasteiger charge is 2.25. The van der Waals surface area contributed by atoms with Crippen LogP contribution in [0.25, 0.3) is 0 Å². The number of nitrogens with zero attached hydrogens (tertiary/aromatic N) is 2. The number of aromatic nitrogens is 1. The lowest BCUT2D eigenvalue weighted by Gasteiger charge is -2.31. The molecule has 2 amide bonds. The molecule has 154 valence electrons. The van der Waals surface area contributed by atoms with Gasteiger partial charge in [0.05, 0.1) is 18.7 Å². The number of hydrogen-bond acceptors (Lipinski definition) is 4. The second-order valence-electron chi connectivity index (χ2n) is 7.44. The van der Waals surface area contributed by atoms with E-state index in [0.717, 1.165) is 43.6 Å². The molecule has 3 rings (SSSR count). The van der Waals surface area contributed by atoms with Crippen molar-refractivity contribution in [2.45, 2.75) is 44.7 Å². The molecule has 0 spiro atoms. The van der Waals surface area contributed by atoms with E-state index in [2.05, 4.69) is 15.6 Å². The molecule has 1 unspecified atom stereocenters. The standard InChI is InChI=1S/C23H30N4O2/c28-22(17-19-7-2-1-3-8-19)26-16-12-23(29)27(18-20-9-4-5-14-25-20)21-10-6-13-24-15-11-21/h1-5,7-9,14,21,24H,6,10-13,15-18H2,(H,26,28). The molecule has 1 fully saturated rings. The van der Waals surface area contributed by atoms with E-state index >= 15 is 0 Å². The number of amides is 2. The molecular formula is C23H30N4O2. The first-order valence-electron chi connectivity index (χ1n) is 10.4. The van der Waals surface area contributed by atoms with Crippen LogP contribution in [0.1, 0.15) is 36.9 Å². The van der Waals surface area contributed by atoms with Gasteiger partial charge in [0.1, 0.15) is 0 Å². The molecule has 1 aromatic heterocycles. The Morgan fingerprint density at radius 1 is 1.07 bits per heavy atom. The Morgan fingerprint density at radius 2 is 1.90 bits per heavy atom. The summed E-state index contributed by atoms with van der Waals surface area (Å²) >= 11 is 0. The summed E-state index contributed by atoms with van der Waals surface area (Å²) in [7, 11) is 0. The molecule has 1 aliphatic heterocycles. The zero-order chi connectivity index (χ0) is 20.3. The Bertz CT molecular complexity index is 759. The van der Waals surface area contributed by atoms with Crippen molar-refractivity contribution < 1.29 is 9.59 Å². The van der Waals surface area contributed by atoms with Gasteiger partial charge in [0.15, 0.2) is 0 Å². The molecule has 1 atom stereocenters. The lowest BCUT2D eigenvalue weighted by Crippen LogP contribution is -2.42. The van der Waals surface area contributed by atoms with Gasteiger partial charge in [-0.2, -0.15) is 0 Å². The maximum atomic E-state index is 13.0. The molecule has 2 N–H and O–H groups in total. The first kappa shape index (κ1) is 21.0. The van der Waals surface area contributed by atoms with Crippen LogP contribution in [-0.2, 0) is 22.6 Å². The van der Waals surface area contributed by atoms with Crippen molar-refractivity contribution in [1.82, 2.24) is 20.5 Å². The van der Waals surface area contributed by atoms with Crippen LogP contribution in [0.2, 0.25) is 0 Å². The minimum atomic E-state index is -0.0565. The van der Waals surface area contributed by atoms with Crippen molar-refractivity contribution in [2.24, 2.45) is 0 Å². The van der Waals surface area contributed by atoms with E-state index in [1.165, 1.54) is 0 Å². The van der Waals surface area contributed by atoms with Crippen LogP contribution in [0.4, 0.5) is 0 Å².